The van der Waals surface area contributed by atoms with E-state index in [9.17, 15) is 4.39 Å². The van der Waals surface area contributed by atoms with E-state index >= 15 is 0 Å². The van der Waals surface area contributed by atoms with Gasteiger partial charge in [-0.25, -0.2) is 18.9 Å². The Hall–Kier alpha value is -1.51. The van der Waals surface area contributed by atoms with Crippen molar-refractivity contribution in [3.8, 4) is 0 Å². The van der Waals surface area contributed by atoms with Crippen LogP contribution in [-0.4, -0.2) is 49.7 Å². The summed E-state index contributed by atoms with van der Waals surface area (Å²) in [5.74, 6) is 0.0695. The number of anilines is 1. The molecule has 2 aromatic heterocycles. The standard InChI is InChI=1S/C10H13ClFN5.C5H10O2/c1-5(10(2,3)12)8-15-7(11)6-4-14-9(13)16-17(6)8;6-5-2-1-3-7-4-5/h4-5H,1-3H3,(H2,13,16);5-6H,1-4H2. The third kappa shape index (κ3) is 4.52. The predicted octanol–water partition coefficient (Wildman–Crippen LogP) is 2.37. The second-order valence-corrected chi connectivity index (χ2v) is 6.69. The van der Waals surface area contributed by atoms with E-state index < -0.39 is 11.6 Å². The molecule has 0 spiro atoms. The quantitative estimate of drug-likeness (QED) is 0.854. The number of nitrogen functional groups attached to an aromatic ring is 1. The van der Waals surface area contributed by atoms with Crippen LogP contribution in [0.1, 0.15) is 45.4 Å². The number of ether oxygens (including phenoxy) is 1. The molecule has 0 aromatic carbocycles. The lowest BCUT2D eigenvalue weighted by Gasteiger charge is -2.21. The summed E-state index contributed by atoms with van der Waals surface area (Å²) in [6.45, 7) is 6.06. The van der Waals surface area contributed by atoms with E-state index in [2.05, 4.69) is 15.1 Å². The van der Waals surface area contributed by atoms with Gasteiger partial charge in [0, 0.05) is 12.5 Å². The fraction of sp³-hybridized carbons (Fsp3) is 0.667. The molecule has 1 fully saturated rings. The third-order valence-corrected chi connectivity index (χ3v) is 4.22. The number of halogens is 2. The summed E-state index contributed by atoms with van der Waals surface area (Å²) < 4.78 is 20.3. The monoisotopic (exact) mass is 359 g/mol. The molecule has 2 atom stereocenters. The molecule has 134 valence electrons. The smallest absolute Gasteiger partial charge is 0.238 e. The highest BCUT2D eigenvalue weighted by Crippen LogP contribution is 2.32. The Bertz CT molecular complexity index is 682. The molecule has 0 saturated carbocycles. The molecule has 7 nitrogen and oxygen atoms in total. The SMILES string of the molecule is CC(c1nc(Cl)c2cnc(N)nn12)C(C)(C)F.OC1CCCOC1. The minimum absolute atomic E-state index is 0.0941. The third-order valence-electron chi connectivity index (χ3n) is 3.94. The van der Waals surface area contributed by atoms with Crippen molar-refractivity contribution in [3.63, 3.8) is 0 Å². The van der Waals surface area contributed by atoms with E-state index in [0.717, 1.165) is 19.4 Å². The van der Waals surface area contributed by atoms with Crippen LogP contribution in [0.3, 0.4) is 0 Å². The zero-order chi connectivity index (χ0) is 17.9. The van der Waals surface area contributed by atoms with Crippen LogP contribution >= 0.6 is 11.6 Å². The highest BCUT2D eigenvalue weighted by molar-refractivity contribution is 6.32. The molecule has 0 radical (unpaired) electrons. The first-order valence-electron chi connectivity index (χ1n) is 7.81. The van der Waals surface area contributed by atoms with Crippen LogP contribution in [-0.2, 0) is 4.74 Å². The van der Waals surface area contributed by atoms with Crippen molar-refractivity contribution in [2.24, 2.45) is 0 Å². The number of aromatic nitrogens is 4. The summed E-state index contributed by atoms with van der Waals surface area (Å²) >= 11 is 5.95. The van der Waals surface area contributed by atoms with Gasteiger partial charge in [-0.2, -0.15) is 0 Å². The summed E-state index contributed by atoms with van der Waals surface area (Å²) in [7, 11) is 0. The second-order valence-electron chi connectivity index (χ2n) is 6.33. The number of aliphatic hydroxyl groups excluding tert-OH is 1. The number of rotatable bonds is 2. The van der Waals surface area contributed by atoms with Crippen LogP contribution in [0.5, 0.6) is 0 Å². The van der Waals surface area contributed by atoms with Crippen LogP contribution in [0.2, 0.25) is 5.15 Å². The number of alkyl halides is 1. The van der Waals surface area contributed by atoms with Gasteiger partial charge < -0.3 is 15.6 Å². The summed E-state index contributed by atoms with van der Waals surface area (Å²) in [5, 5.41) is 13.0. The minimum atomic E-state index is -1.43. The molecular weight excluding hydrogens is 337 g/mol. The average Bonchev–Trinajstić information content (AvgIpc) is 2.83. The Morgan fingerprint density at radius 1 is 1.54 bits per heavy atom. The van der Waals surface area contributed by atoms with Gasteiger partial charge in [-0.1, -0.05) is 18.5 Å². The molecule has 1 aliphatic rings. The predicted molar refractivity (Wildman–Crippen MR) is 89.9 cm³/mol. The van der Waals surface area contributed by atoms with Gasteiger partial charge in [0.15, 0.2) is 5.15 Å². The van der Waals surface area contributed by atoms with E-state index in [1.807, 2.05) is 0 Å². The molecule has 0 aliphatic carbocycles. The first-order chi connectivity index (χ1) is 11.2. The zero-order valence-corrected chi connectivity index (χ0v) is 14.8. The molecule has 0 bridgehead atoms. The fourth-order valence-electron chi connectivity index (χ4n) is 2.20. The van der Waals surface area contributed by atoms with E-state index in [1.54, 1.807) is 6.92 Å². The van der Waals surface area contributed by atoms with Crippen molar-refractivity contribution in [3.05, 3.63) is 17.2 Å². The maximum absolute atomic E-state index is 13.9. The van der Waals surface area contributed by atoms with E-state index in [1.165, 1.54) is 24.6 Å². The first-order valence-corrected chi connectivity index (χ1v) is 8.19. The molecule has 1 saturated heterocycles. The Labute approximate surface area is 145 Å². The lowest BCUT2D eigenvalue weighted by Crippen LogP contribution is -2.23. The number of fused-ring (bicyclic) bond motifs is 1. The molecule has 1 aliphatic heterocycles. The van der Waals surface area contributed by atoms with E-state index in [-0.39, 0.29) is 17.2 Å². The second kappa shape index (κ2) is 7.58. The minimum Gasteiger partial charge on any atom is -0.391 e. The number of aliphatic hydroxyl groups is 1. The molecule has 24 heavy (non-hydrogen) atoms. The molecule has 9 heteroatoms. The number of hydrogen-bond donors (Lipinski definition) is 2. The highest BCUT2D eigenvalue weighted by Gasteiger charge is 2.31. The van der Waals surface area contributed by atoms with Gasteiger partial charge in [-0.3, -0.25) is 0 Å². The molecule has 2 aromatic rings. The Morgan fingerprint density at radius 2 is 2.25 bits per heavy atom. The topological polar surface area (TPSA) is 98.6 Å². The number of hydrogen-bond acceptors (Lipinski definition) is 6. The summed E-state index contributed by atoms with van der Waals surface area (Å²) in [5.41, 5.74) is 4.60. The van der Waals surface area contributed by atoms with Crippen LogP contribution in [0.25, 0.3) is 5.52 Å². The van der Waals surface area contributed by atoms with E-state index in [0.29, 0.717) is 17.9 Å². The van der Waals surface area contributed by atoms with Gasteiger partial charge in [-0.15, -0.1) is 5.10 Å². The summed E-state index contributed by atoms with van der Waals surface area (Å²) in [6.07, 6.45) is 3.22. The normalized spacial score (nSPS) is 19.7. The van der Waals surface area contributed by atoms with Crippen molar-refractivity contribution < 1.29 is 14.2 Å². The van der Waals surface area contributed by atoms with Crippen LogP contribution in [0, 0.1) is 0 Å². The van der Waals surface area contributed by atoms with Crippen molar-refractivity contribution in [1.82, 2.24) is 19.6 Å². The number of imidazole rings is 1. The zero-order valence-electron chi connectivity index (χ0n) is 14.0. The van der Waals surface area contributed by atoms with Crippen molar-refractivity contribution in [1.29, 1.82) is 0 Å². The summed E-state index contributed by atoms with van der Waals surface area (Å²) in [4.78, 5) is 7.96. The average molecular weight is 360 g/mol. The van der Waals surface area contributed by atoms with Crippen LogP contribution in [0.4, 0.5) is 10.3 Å². The lowest BCUT2D eigenvalue weighted by molar-refractivity contribution is -0.00535. The summed E-state index contributed by atoms with van der Waals surface area (Å²) in [6, 6.07) is 0. The van der Waals surface area contributed by atoms with Crippen molar-refractivity contribution >= 4 is 23.1 Å². The van der Waals surface area contributed by atoms with Crippen LogP contribution in [0.15, 0.2) is 6.20 Å². The molecular formula is C15H23ClFN5O2. The molecule has 3 rings (SSSR count). The Balaban J connectivity index is 0.000000249. The maximum Gasteiger partial charge on any atom is 0.238 e. The number of nitrogens with zero attached hydrogens (tertiary/aromatic N) is 4. The fourth-order valence-corrected chi connectivity index (χ4v) is 2.41. The van der Waals surface area contributed by atoms with E-state index in [4.69, 9.17) is 27.2 Å². The van der Waals surface area contributed by atoms with Crippen molar-refractivity contribution in [2.75, 3.05) is 18.9 Å². The van der Waals surface area contributed by atoms with Crippen molar-refractivity contribution in [2.45, 2.75) is 51.3 Å². The van der Waals surface area contributed by atoms with Crippen LogP contribution < -0.4 is 5.73 Å². The largest absolute Gasteiger partial charge is 0.391 e. The first kappa shape index (κ1) is 18.8. The van der Waals surface area contributed by atoms with Gasteiger partial charge >= 0.3 is 0 Å². The maximum atomic E-state index is 13.9. The molecule has 3 N–H and O–H groups in total. The highest BCUT2D eigenvalue weighted by atomic mass is 35.5. The molecule has 0 amide bonds. The molecule has 2 unspecified atom stereocenters. The van der Waals surface area contributed by atoms with Gasteiger partial charge in [-0.05, 0) is 26.7 Å². The Kier molecular flexibility index (Phi) is 5.95. The Morgan fingerprint density at radius 3 is 2.75 bits per heavy atom. The van der Waals surface area contributed by atoms with Gasteiger partial charge in [0.25, 0.3) is 0 Å². The van der Waals surface area contributed by atoms with Gasteiger partial charge in [0.2, 0.25) is 5.95 Å². The van der Waals surface area contributed by atoms with Gasteiger partial charge in [0.1, 0.15) is 17.0 Å². The lowest BCUT2D eigenvalue weighted by atomic mass is 9.94. The molecule has 3 heterocycles. The van der Waals surface area contributed by atoms with Gasteiger partial charge in [0.05, 0.1) is 18.9 Å². The number of nitrogens with two attached hydrogens (primary N) is 1.